The number of rotatable bonds is 5. The van der Waals surface area contributed by atoms with Gasteiger partial charge in [0, 0.05) is 18.2 Å². The summed E-state index contributed by atoms with van der Waals surface area (Å²) in [7, 11) is 0. The molecule has 1 N–H and O–H groups in total. The van der Waals surface area contributed by atoms with Gasteiger partial charge in [-0.3, -0.25) is 10.1 Å². The molecule has 6 nitrogen and oxygen atoms in total. The van der Waals surface area contributed by atoms with Gasteiger partial charge in [-0.2, -0.15) is 0 Å². The summed E-state index contributed by atoms with van der Waals surface area (Å²) in [5.74, 6) is 0. The first kappa shape index (κ1) is 17.7. The Balaban J connectivity index is 2.49. The molecule has 0 saturated heterocycles. The lowest BCUT2D eigenvalue weighted by Crippen LogP contribution is -2.32. The number of nitro groups is 1. The maximum atomic E-state index is 11.4. The summed E-state index contributed by atoms with van der Waals surface area (Å²) in [6, 6.07) is 4.96. The number of carbonyl (C=O) groups is 1. The van der Waals surface area contributed by atoms with Crippen LogP contribution in [0.3, 0.4) is 0 Å². The zero-order valence-corrected chi connectivity index (χ0v) is 13.4. The van der Waals surface area contributed by atoms with Gasteiger partial charge in [0.1, 0.15) is 5.60 Å². The van der Waals surface area contributed by atoms with Crippen molar-refractivity contribution in [3.05, 3.63) is 45.5 Å². The van der Waals surface area contributed by atoms with Crippen LogP contribution in [-0.2, 0) is 4.74 Å². The summed E-state index contributed by atoms with van der Waals surface area (Å²) >= 11 is 0. The van der Waals surface area contributed by atoms with Gasteiger partial charge in [-0.15, -0.1) is 0 Å². The first-order valence-corrected chi connectivity index (χ1v) is 7.08. The van der Waals surface area contributed by atoms with Crippen LogP contribution in [0.2, 0.25) is 0 Å². The summed E-state index contributed by atoms with van der Waals surface area (Å²) < 4.78 is 5.11. The number of nitro benzene ring substituents is 1. The number of benzene rings is 1. The van der Waals surface area contributed by atoms with Gasteiger partial charge in [0.2, 0.25) is 0 Å². The smallest absolute Gasteiger partial charge is 0.407 e. The number of nitrogens with zero attached hydrogens (tertiary/aromatic N) is 1. The fraction of sp³-hybridized carbons (Fsp3) is 0.438. The maximum Gasteiger partial charge on any atom is 0.407 e. The average molecular weight is 306 g/mol. The van der Waals surface area contributed by atoms with Crippen molar-refractivity contribution in [2.24, 2.45) is 0 Å². The molecule has 1 amide bonds. The normalized spacial score (nSPS) is 11.5. The Bertz CT molecular complexity index is 574. The summed E-state index contributed by atoms with van der Waals surface area (Å²) in [5.41, 5.74) is 1.02. The Hall–Kier alpha value is -2.37. The number of hydrogen-bond acceptors (Lipinski definition) is 4. The van der Waals surface area contributed by atoms with E-state index in [9.17, 15) is 14.9 Å². The predicted molar refractivity (Wildman–Crippen MR) is 85.7 cm³/mol. The largest absolute Gasteiger partial charge is 0.444 e. The molecule has 120 valence electrons. The van der Waals surface area contributed by atoms with E-state index in [-0.39, 0.29) is 5.69 Å². The zero-order chi connectivity index (χ0) is 16.8. The van der Waals surface area contributed by atoms with Crippen molar-refractivity contribution < 1.29 is 14.5 Å². The molecule has 1 aromatic carbocycles. The lowest BCUT2D eigenvalue weighted by Gasteiger charge is -2.19. The van der Waals surface area contributed by atoms with E-state index in [2.05, 4.69) is 5.32 Å². The van der Waals surface area contributed by atoms with Crippen molar-refractivity contribution in [3.8, 4) is 0 Å². The molecular formula is C16H22N2O4. The molecule has 0 atom stereocenters. The molecule has 0 saturated carbocycles. The van der Waals surface area contributed by atoms with E-state index in [0.29, 0.717) is 18.5 Å². The quantitative estimate of drug-likeness (QED) is 0.509. The molecule has 0 spiro atoms. The monoisotopic (exact) mass is 306 g/mol. The van der Waals surface area contributed by atoms with E-state index in [1.807, 2.05) is 18.2 Å². The minimum absolute atomic E-state index is 0.106. The molecule has 0 radical (unpaired) electrons. The van der Waals surface area contributed by atoms with Crippen LogP contribution in [0.5, 0.6) is 0 Å². The lowest BCUT2D eigenvalue weighted by molar-refractivity contribution is -0.385. The van der Waals surface area contributed by atoms with Gasteiger partial charge >= 0.3 is 6.09 Å². The van der Waals surface area contributed by atoms with E-state index < -0.39 is 16.6 Å². The highest BCUT2D eigenvalue weighted by Crippen LogP contribution is 2.22. The summed E-state index contributed by atoms with van der Waals surface area (Å²) in [4.78, 5) is 21.9. The van der Waals surface area contributed by atoms with Gasteiger partial charge in [0.15, 0.2) is 0 Å². The molecular weight excluding hydrogens is 284 g/mol. The van der Waals surface area contributed by atoms with Gasteiger partial charge in [0.05, 0.1) is 4.92 Å². The van der Waals surface area contributed by atoms with Crippen molar-refractivity contribution in [1.82, 2.24) is 5.32 Å². The van der Waals surface area contributed by atoms with Crippen LogP contribution in [0, 0.1) is 17.0 Å². The Morgan fingerprint density at radius 2 is 2.09 bits per heavy atom. The van der Waals surface area contributed by atoms with Crippen LogP contribution >= 0.6 is 0 Å². The van der Waals surface area contributed by atoms with Gasteiger partial charge in [-0.05, 0) is 39.7 Å². The number of amides is 1. The van der Waals surface area contributed by atoms with E-state index >= 15 is 0 Å². The third-order valence-electron chi connectivity index (χ3n) is 2.82. The third kappa shape index (κ3) is 5.95. The standard InChI is InChI=1S/C16H22N2O4/c1-12-13(9-7-10-14(12)18(20)21)8-5-6-11-17-15(19)22-16(2,3)4/h5,7-10H,6,11H2,1-4H3,(H,17,19). The van der Waals surface area contributed by atoms with Crippen LogP contribution in [0.4, 0.5) is 10.5 Å². The van der Waals surface area contributed by atoms with Crippen LogP contribution < -0.4 is 5.32 Å². The van der Waals surface area contributed by atoms with E-state index in [1.165, 1.54) is 6.07 Å². The summed E-state index contributed by atoms with van der Waals surface area (Å²) in [6.07, 6.45) is 3.84. The van der Waals surface area contributed by atoms with Gasteiger partial charge in [0.25, 0.3) is 5.69 Å². The number of carbonyl (C=O) groups excluding carboxylic acids is 1. The SMILES string of the molecule is Cc1c(C=CCCNC(=O)OC(C)(C)C)cccc1[N+](=O)[O-]. The highest BCUT2D eigenvalue weighted by Gasteiger charge is 2.15. The van der Waals surface area contributed by atoms with E-state index in [1.54, 1.807) is 33.8 Å². The second kappa shape index (κ2) is 7.59. The number of nitrogens with one attached hydrogen (secondary N) is 1. The predicted octanol–water partition coefficient (Wildman–Crippen LogP) is 3.83. The van der Waals surface area contributed by atoms with Gasteiger partial charge in [-0.25, -0.2) is 4.79 Å². The molecule has 0 unspecified atom stereocenters. The van der Waals surface area contributed by atoms with E-state index in [0.717, 1.165) is 5.56 Å². The Labute approximate surface area is 130 Å². The van der Waals surface area contributed by atoms with Crippen molar-refractivity contribution in [2.75, 3.05) is 6.54 Å². The van der Waals surface area contributed by atoms with Gasteiger partial charge < -0.3 is 10.1 Å². The molecule has 22 heavy (non-hydrogen) atoms. The molecule has 0 bridgehead atoms. The zero-order valence-electron chi connectivity index (χ0n) is 13.4. The number of ether oxygens (including phenoxy) is 1. The third-order valence-corrected chi connectivity index (χ3v) is 2.82. The fourth-order valence-electron chi connectivity index (χ4n) is 1.80. The molecule has 1 rings (SSSR count). The second-order valence-electron chi connectivity index (χ2n) is 5.87. The number of hydrogen-bond donors (Lipinski definition) is 1. The van der Waals surface area contributed by atoms with E-state index in [4.69, 9.17) is 4.74 Å². The Morgan fingerprint density at radius 1 is 1.41 bits per heavy atom. The molecule has 6 heteroatoms. The lowest BCUT2D eigenvalue weighted by atomic mass is 10.1. The van der Waals surface area contributed by atoms with Crippen LogP contribution in [-0.4, -0.2) is 23.2 Å². The highest BCUT2D eigenvalue weighted by atomic mass is 16.6. The summed E-state index contributed by atoms with van der Waals surface area (Å²) in [6.45, 7) is 7.57. The minimum atomic E-state index is -0.514. The molecule has 0 heterocycles. The first-order chi connectivity index (χ1) is 10.2. The molecule has 0 aliphatic heterocycles. The molecule has 0 aromatic heterocycles. The fourth-order valence-corrected chi connectivity index (χ4v) is 1.80. The molecule has 0 aliphatic rings. The Morgan fingerprint density at radius 3 is 2.68 bits per heavy atom. The molecule has 0 aliphatic carbocycles. The van der Waals surface area contributed by atoms with Gasteiger partial charge in [-0.1, -0.05) is 24.3 Å². The van der Waals surface area contributed by atoms with Crippen molar-refractivity contribution >= 4 is 17.9 Å². The van der Waals surface area contributed by atoms with Crippen LogP contribution in [0.25, 0.3) is 6.08 Å². The summed E-state index contributed by atoms with van der Waals surface area (Å²) in [5, 5.41) is 13.5. The Kier molecular flexibility index (Phi) is 6.10. The van der Waals surface area contributed by atoms with Crippen molar-refractivity contribution in [1.29, 1.82) is 0 Å². The maximum absolute atomic E-state index is 11.4. The first-order valence-electron chi connectivity index (χ1n) is 7.08. The molecule has 1 aromatic rings. The van der Waals surface area contributed by atoms with Crippen LogP contribution in [0.1, 0.15) is 38.3 Å². The highest BCUT2D eigenvalue weighted by molar-refractivity contribution is 5.67. The topological polar surface area (TPSA) is 81.5 Å². The van der Waals surface area contributed by atoms with Crippen LogP contribution in [0.15, 0.2) is 24.3 Å². The van der Waals surface area contributed by atoms with Crippen molar-refractivity contribution in [3.63, 3.8) is 0 Å². The second-order valence-corrected chi connectivity index (χ2v) is 5.87. The minimum Gasteiger partial charge on any atom is -0.444 e. The molecule has 0 fully saturated rings. The number of alkyl carbamates (subject to hydrolysis) is 1. The average Bonchev–Trinajstić information content (AvgIpc) is 2.37. The van der Waals surface area contributed by atoms with Crippen molar-refractivity contribution in [2.45, 2.75) is 39.7 Å².